The Morgan fingerprint density at radius 3 is 2.48 bits per heavy atom. The summed E-state index contributed by atoms with van der Waals surface area (Å²) in [4.78, 5) is 8.22. The van der Waals surface area contributed by atoms with E-state index in [4.69, 9.17) is 4.74 Å². The number of guanidine groups is 1. The molecule has 0 spiro atoms. The molecule has 0 atom stereocenters. The fourth-order valence-corrected chi connectivity index (χ4v) is 4.94. The molecule has 1 heterocycles. The van der Waals surface area contributed by atoms with E-state index in [1.807, 2.05) is 18.8 Å². The molecule has 2 aromatic carbocycles. The van der Waals surface area contributed by atoms with Gasteiger partial charge >= 0.3 is 0 Å². The van der Waals surface area contributed by atoms with E-state index in [1.165, 1.54) is 28.9 Å². The van der Waals surface area contributed by atoms with Crippen LogP contribution in [0.3, 0.4) is 0 Å². The van der Waals surface area contributed by atoms with E-state index >= 15 is 0 Å². The number of nitrogens with one attached hydrogen (secondary N) is 2. The number of nitrogens with zero attached hydrogens (tertiary/aromatic N) is 2. The van der Waals surface area contributed by atoms with Gasteiger partial charge in [-0.1, -0.05) is 42.5 Å². The van der Waals surface area contributed by atoms with Crippen molar-refractivity contribution in [2.45, 2.75) is 35.6 Å². The second-order valence-electron chi connectivity index (χ2n) is 8.09. The summed E-state index contributed by atoms with van der Waals surface area (Å²) in [5, 5.41) is 7.02. The number of rotatable bonds is 8. The highest BCUT2D eigenvalue weighted by Crippen LogP contribution is 2.51. The first-order valence-corrected chi connectivity index (χ1v) is 11.6. The SMILES string of the molecule is CN=C(NCc1cccc(CN2CCOCC2)c1)NCC1(Sc2ccccc2)CC1.I. The molecule has 0 aromatic heterocycles. The average Bonchev–Trinajstić information content (AvgIpc) is 3.55. The van der Waals surface area contributed by atoms with Gasteiger partial charge in [0, 0.05) is 49.4 Å². The minimum absolute atomic E-state index is 0. The number of hydrogen-bond acceptors (Lipinski definition) is 4. The molecular formula is C24H33IN4OS. The standard InChI is InChI=1S/C24H32N4OS.HI/c1-25-23(27-19-24(10-11-24)30-22-8-3-2-4-9-22)26-17-20-6-5-7-21(16-20)18-28-12-14-29-15-13-28;/h2-9,16H,10-15,17-19H2,1H3,(H2,25,26,27);1H. The lowest BCUT2D eigenvalue weighted by Gasteiger charge is -2.26. The zero-order valence-corrected chi connectivity index (χ0v) is 21.3. The highest BCUT2D eigenvalue weighted by Gasteiger charge is 2.43. The van der Waals surface area contributed by atoms with Crippen LogP contribution in [0, 0.1) is 0 Å². The Balaban J connectivity index is 0.00000272. The predicted octanol–water partition coefficient (Wildman–Crippen LogP) is 4.13. The maximum absolute atomic E-state index is 5.45. The van der Waals surface area contributed by atoms with E-state index in [0.29, 0.717) is 4.75 Å². The molecule has 1 saturated carbocycles. The second kappa shape index (κ2) is 12.1. The van der Waals surface area contributed by atoms with E-state index < -0.39 is 0 Å². The van der Waals surface area contributed by atoms with Crippen molar-refractivity contribution < 1.29 is 4.74 Å². The normalized spacial score (nSPS) is 18.2. The Bertz CT molecular complexity index is 838. The molecule has 2 N–H and O–H groups in total. The number of halogens is 1. The molecular weight excluding hydrogens is 519 g/mol. The molecule has 1 aliphatic heterocycles. The summed E-state index contributed by atoms with van der Waals surface area (Å²) in [5.41, 5.74) is 2.64. The van der Waals surface area contributed by atoms with Gasteiger partial charge in [-0.3, -0.25) is 9.89 Å². The van der Waals surface area contributed by atoms with Crippen molar-refractivity contribution in [2.24, 2.45) is 4.99 Å². The van der Waals surface area contributed by atoms with Gasteiger partial charge < -0.3 is 15.4 Å². The zero-order valence-electron chi connectivity index (χ0n) is 18.2. The summed E-state index contributed by atoms with van der Waals surface area (Å²) >= 11 is 1.98. The van der Waals surface area contributed by atoms with E-state index in [2.05, 4.69) is 75.1 Å². The van der Waals surface area contributed by atoms with Gasteiger partial charge in [-0.15, -0.1) is 35.7 Å². The third-order valence-electron chi connectivity index (χ3n) is 5.65. The number of benzene rings is 2. The van der Waals surface area contributed by atoms with Gasteiger partial charge in [0.1, 0.15) is 0 Å². The second-order valence-corrected chi connectivity index (χ2v) is 9.63. The smallest absolute Gasteiger partial charge is 0.191 e. The minimum Gasteiger partial charge on any atom is -0.379 e. The third-order valence-corrected chi connectivity index (χ3v) is 7.14. The van der Waals surface area contributed by atoms with Crippen LogP contribution >= 0.6 is 35.7 Å². The predicted molar refractivity (Wildman–Crippen MR) is 140 cm³/mol. The van der Waals surface area contributed by atoms with Crippen LogP contribution in [0.4, 0.5) is 0 Å². The molecule has 1 aliphatic carbocycles. The molecule has 7 heteroatoms. The van der Waals surface area contributed by atoms with Crippen molar-refractivity contribution in [2.75, 3.05) is 39.9 Å². The van der Waals surface area contributed by atoms with Gasteiger partial charge in [-0.25, -0.2) is 0 Å². The van der Waals surface area contributed by atoms with Gasteiger partial charge in [-0.2, -0.15) is 0 Å². The Hall–Kier alpha value is -1.29. The summed E-state index contributed by atoms with van der Waals surface area (Å²) in [7, 11) is 1.84. The monoisotopic (exact) mass is 552 g/mol. The Kier molecular flexibility index (Phi) is 9.49. The summed E-state index contributed by atoms with van der Waals surface area (Å²) < 4.78 is 5.75. The lowest BCUT2D eigenvalue weighted by Crippen LogP contribution is -2.40. The maximum Gasteiger partial charge on any atom is 0.191 e. The van der Waals surface area contributed by atoms with E-state index in [0.717, 1.165) is 51.9 Å². The lowest BCUT2D eigenvalue weighted by atomic mass is 10.1. The van der Waals surface area contributed by atoms with Crippen molar-refractivity contribution in [3.63, 3.8) is 0 Å². The van der Waals surface area contributed by atoms with E-state index in [9.17, 15) is 0 Å². The average molecular weight is 553 g/mol. The highest BCUT2D eigenvalue weighted by molar-refractivity contribution is 14.0. The van der Waals surface area contributed by atoms with Crippen LogP contribution < -0.4 is 10.6 Å². The molecule has 1 saturated heterocycles. The Labute approximate surface area is 207 Å². The summed E-state index contributed by atoms with van der Waals surface area (Å²) in [6, 6.07) is 19.5. The minimum atomic E-state index is 0. The Morgan fingerprint density at radius 2 is 1.77 bits per heavy atom. The van der Waals surface area contributed by atoms with Crippen molar-refractivity contribution in [1.82, 2.24) is 15.5 Å². The van der Waals surface area contributed by atoms with Gasteiger partial charge in [0.25, 0.3) is 0 Å². The van der Waals surface area contributed by atoms with E-state index in [1.54, 1.807) is 0 Å². The van der Waals surface area contributed by atoms with Crippen LogP contribution in [0.5, 0.6) is 0 Å². The van der Waals surface area contributed by atoms with Crippen LogP contribution in [0.2, 0.25) is 0 Å². The molecule has 2 aromatic rings. The van der Waals surface area contributed by atoms with Crippen molar-refractivity contribution in [3.05, 3.63) is 65.7 Å². The molecule has 0 radical (unpaired) electrons. The van der Waals surface area contributed by atoms with Gasteiger partial charge in [0.2, 0.25) is 0 Å². The van der Waals surface area contributed by atoms with Crippen molar-refractivity contribution in [3.8, 4) is 0 Å². The van der Waals surface area contributed by atoms with Crippen LogP contribution in [0.25, 0.3) is 0 Å². The zero-order chi connectivity index (χ0) is 20.7. The van der Waals surface area contributed by atoms with Gasteiger partial charge in [0.15, 0.2) is 5.96 Å². The fraction of sp³-hybridized carbons (Fsp3) is 0.458. The lowest BCUT2D eigenvalue weighted by molar-refractivity contribution is 0.0342. The first-order valence-electron chi connectivity index (χ1n) is 10.8. The number of hydrogen-bond donors (Lipinski definition) is 2. The number of ether oxygens (including phenoxy) is 1. The molecule has 2 fully saturated rings. The maximum atomic E-state index is 5.45. The summed E-state index contributed by atoms with van der Waals surface area (Å²) in [6.45, 7) is 6.41. The molecule has 4 rings (SSSR count). The van der Waals surface area contributed by atoms with E-state index in [-0.39, 0.29) is 24.0 Å². The fourth-order valence-electron chi connectivity index (χ4n) is 3.70. The first kappa shape index (κ1) is 24.4. The third kappa shape index (κ3) is 7.66. The molecule has 0 unspecified atom stereocenters. The molecule has 2 aliphatic rings. The number of morpholine rings is 1. The topological polar surface area (TPSA) is 48.9 Å². The van der Waals surface area contributed by atoms with Crippen molar-refractivity contribution in [1.29, 1.82) is 0 Å². The molecule has 0 bridgehead atoms. The van der Waals surface area contributed by atoms with Gasteiger partial charge in [-0.05, 0) is 36.1 Å². The van der Waals surface area contributed by atoms with Crippen LogP contribution in [-0.2, 0) is 17.8 Å². The summed E-state index contributed by atoms with van der Waals surface area (Å²) in [6.07, 6.45) is 2.50. The highest BCUT2D eigenvalue weighted by atomic mass is 127. The number of thioether (sulfide) groups is 1. The molecule has 0 amide bonds. The van der Waals surface area contributed by atoms with Crippen LogP contribution in [0.1, 0.15) is 24.0 Å². The molecule has 168 valence electrons. The van der Waals surface area contributed by atoms with Crippen LogP contribution in [0.15, 0.2) is 64.5 Å². The van der Waals surface area contributed by atoms with Crippen LogP contribution in [-0.4, -0.2) is 55.5 Å². The summed E-state index contributed by atoms with van der Waals surface area (Å²) in [5.74, 6) is 0.869. The number of aliphatic imine (C=N–C) groups is 1. The Morgan fingerprint density at radius 1 is 1.03 bits per heavy atom. The quantitative estimate of drug-likeness (QED) is 0.293. The molecule has 31 heavy (non-hydrogen) atoms. The molecule has 5 nitrogen and oxygen atoms in total. The first-order chi connectivity index (χ1) is 14.7. The van der Waals surface area contributed by atoms with Gasteiger partial charge in [0.05, 0.1) is 13.2 Å². The van der Waals surface area contributed by atoms with Crippen molar-refractivity contribution >= 4 is 41.7 Å². The largest absolute Gasteiger partial charge is 0.379 e.